The third kappa shape index (κ3) is 5.09. The van der Waals surface area contributed by atoms with Gasteiger partial charge in [-0.15, -0.1) is 0 Å². The summed E-state index contributed by atoms with van der Waals surface area (Å²) in [6.45, 7) is 4.66. The number of amides is 1. The second-order valence-corrected chi connectivity index (χ2v) is 10.1. The highest BCUT2D eigenvalue weighted by Crippen LogP contribution is 2.31. The molecule has 2 aromatic carbocycles. The monoisotopic (exact) mass is 512 g/mol. The minimum absolute atomic E-state index is 0.0697. The van der Waals surface area contributed by atoms with Gasteiger partial charge in [0, 0.05) is 30.7 Å². The standard InChI is InChI=1S/C26H30ClFN6O2/c1-15-19-3-2-17(27)10-16(19)4-9-34(15)25(35)13-30-23-12-22-20(11-21(23)28)26(36)32-24(31-22)14-33-7-5-18(29)6-8-33/h2-3,10-12,15,18,30H,4-9,13-14,29H2,1H3,(H,31,32,36)/t15-/m0/s1. The molecule has 3 heterocycles. The first-order valence-electron chi connectivity index (χ1n) is 12.3. The van der Waals surface area contributed by atoms with E-state index in [2.05, 4.69) is 20.2 Å². The first-order chi connectivity index (χ1) is 17.3. The smallest absolute Gasteiger partial charge is 0.258 e. The molecule has 1 saturated heterocycles. The van der Waals surface area contributed by atoms with E-state index >= 15 is 0 Å². The first kappa shape index (κ1) is 24.7. The number of anilines is 1. The molecule has 1 atom stereocenters. The molecule has 190 valence electrons. The Morgan fingerprint density at radius 1 is 1.25 bits per heavy atom. The van der Waals surface area contributed by atoms with Crippen LogP contribution in [-0.2, 0) is 17.8 Å². The zero-order valence-electron chi connectivity index (χ0n) is 20.2. The molecule has 4 N–H and O–H groups in total. The quantitative estimate of drug-likeness (QED) is 0.484. The lowest BCUT2D eigenvalue weighted by molar-refractivity contribution is -0.131. The van der Waals surface area contributed by atoms with Gasteiger partial charge in [0.25, 0.3) is 5.56 Å². The predicted octanol–water partition coefficient (Wildman–Crippen LogP) is 3.20. The molecule has 0 radical (unpaired) electrons. The largest absolute Gasteiger partial charge is 0.374 e. The van der Waals surface area contributed by atoms with Crippen molar-refractivity contribution in [1.82, 2.24) is 19.8 Å². The van der Waals surface area contributed by atoms with Crippen LogP contribution in [0.15, 0.2) is 35.1 Å². The van der Waals surface area contributed by atoms with Gasteiger partial charge in [-0.2, -0.15) is 0 Å². The lowest BCUT2D eigenvalue weighted by Gasteiger charge is -2.35. The van der Waals surface area contributed by atoms with Crippen molar-refractivity contribution in [2.24, 2.45) is 5.73 Å². The third-order valence-electron chi connectivity index (χ3n) is 7.24. The van der Waals surface area contributed by atoms with Gasteiger partial charge in [-0.25, -0.2) is 9.37 Å². The highest BCUT2D eigenvalue weighted by atomic mass is 35.5. The number of hydrogen-bond donors (Lipinski definition) is 3. The maximum atomic E-state index is 14.8. The van der Waals surface area contributed by atoms with E-state index in [-0.39, 0.29) is 41.2 Å². The highest BCUT2D eigenvalue weighted by Gasteiger charge is 2.27. The van der Waals surface area contributed by atoms with Crippen LogP contribution in [-0.4, -0.2) is 57.9 Å². The number of fused-ring (bicyclic) bond motifs is 2. The second-order valence-electron chi connectivity index (χ2n) is 9.69. The van der Waals surface area contributed by atoms with Gasteiger partial charge in [0.15, 0.2) is 0 Å². The molecule has 0 bridgehead atoms. The lowest BCUT2D eigenvalue weighted by Crippen LogP contribution is -2.41. The molecule has 1 amide bonds. The minimum Gasteiger partial charge on any atom is -0.374 e. The van der Waals surface area contributed by atoms with Crippen molar-refractivity contribution in [3.63, 3.8) is 0 Å². The SMILES string of the molecule is C[C@H]1c2ccc(Cl)cc2CCN1C(=O)CNc1cc2nc(CN3CCC(N)CC3)[nH]c(=O)c2cc1F. The van der Waals surface area contributed by atoms with E-state index in [9.17, 15) is 14.0 Å². The summed E-state index contributed by atoms with van der Waals surface area (Å²) in [5.41, 5.74) is 8.34. The molecule has 3 aromatic rings. The molecule has 8 nitrogen and oxygen atoms in total. The Hall–Kier alpha value is -3.01. The number of aromatic nitrogens is 2. The average molecular weight is 513 g/mol. The number of halogens is 2. The van der Waals surface area contributed by atoms with E-state index < -0.39 is 5.82 Å². The molecule has 0 spiro atoms. The van der Waals surface area contributed by atoms with Crippen LogP contribution >= 0.6 is 11.6 Å². The summed E-state index contributed by atoms with van der Waals surface area (Å²) in [5, 5.41) is 3.78. The van der Waals surface area contributed by atoms with Gasteiger partial charge in [-0.3, -0.25) is 14.5 Å². The van der Waals surface area contributed by atoms with Crippen molar-refractivity contribution < 1.29 is 9.18 Å². The zero-order valence-corrected chi connectivity index (χ0v) is 20.9. The predicted molar refractivity (Wildman–Crippen MR) is 139 cm³/mol. The van der Waals surface area contributed by atoms with Crippen molar-refractivity contribution in [3.05, 3.63) is 68.5 Å². The maximum Gasteiger partial charge on any atom is 0.258 e. The summed E-state index contributed by atoms with van der Waals surface area (Å²) in [6.07, 6.45) is 2.52. The summed E-state index contributed by atoms with van der Waals surface area (Å²) in [7, 11) is 0. The van der Waals surface area contributed by atoms with E-state index in [1.54, 1.807) is 4.90 Å². The molecule has 5 rings (SSSR count). The fourth-order valence-corrected chi connectivity index (χ4v) is 5.35. The van der Waals surface area contributed by atoms with Crippen LogP contribution in [0.25, 0.3) is 10.9 Å². The van der Waals surface area contributed by atoms with E-state index in [4.69, 9.17) is 17.3 Å². The van der Waals surface area contributed by atoms with Gasteiger partial charge in [-0.1, -0.05) is 17.7 Å². The van der Waals surface area contributed by atoms with Crippen LogP contribution in [0.2, 0.25) is 5.02 Å². The van der Waals surface area contributed by atoms with Crippen LogP contribution in [0.3, 0.4) is 0 Å². The molecule has 0 saturated carbocycles. The fraction of sp³-hybridized carbons (Fsp3) is 0.423. The van der Waals surface area contributed by atoms with E-state index in [0.717, 1.165) is 43.5 Å². The molecule has 2 aliphatic heterocycles. The number of H-pyrrole nitrogens is 1. The van der Waals surface area contributed by atoms with Crippen LogP contribution in [0.4, 0.5) is 10.1 Å². The highest BCUT2D eigenvalue weighted by molar-refractivity contribution is 6.30. The molecular formula is C26H30ClFN6O2. The number of rotatable bonds is 5. The number of carbonyl (C=O) groups is 1. The summed E-state index contributed by atoms with van der Waals surface area (Å²) < 4.78 is 14.8. The molecule has 1 fully saturated rings. The molecule has 1 aromatic heterocycles. The van der Waals surface area contributed by atoms with Gasteiger partial charge in [-0.05, 0) is 61.6 Å². The Bertz CT molecular complexity index is 1350. The normalized spacial score (nSPS) is 18.9. The van der Waals surface area contributed by atoms with Gasteiger partial charge < -0.3 is 20.9 Å². The summed E-state index contributed by atoms with van der Waals surface area (Å²) >= 11 is 6.11. The van der Waals surface area contributed by atoms with Crippen LogP contribution < -0.4 is 16.6 Å². The average Bonchev–Trinajstić information content (AvgIpc) is 2.85. The van der Waals surface area contributed by atoms with Gasteiger partial charge >= 0.3 is 0 Å². The van der Waals surface area contributed by atoms with E-state index in [1.807, 2.05) is 25.1 Å². The maximum absolute atomic E-state index is 14.8. The Morgan fingerprint density at radius 2 is 2.03 bits per heavy atom. The van der Waals surface area contributed by atoms with Crippen molar-refractivity contribution in [2.45, 2.75) is 44.8 Å². The molecule has 2 aliphatic rings. The molecule has 0 aliphatic carbocycles. The molecule has 36 heavy (non-hydrogen) atoms. The summed E-state index contributed by atoms with van der Waals surface area (Å²) in [5.74, 6) is -0.213. The number of nitrogens with zero attached hydrogens (tertiary/aromatic N) is 3. The minimum atomic E-state index is -0.605. The van der Waals surface area contributed by atoms with Crippen LogP contribution in [0, 0.1) is 5.82 Å². The summed E-state index contributed by atoms with van der Waals surface area (Å²) in [6, 6.07) is 8.51. The first-order valence-corrected chi connectivity index (χ1v) is 12.7. The number of benzene rings is 2. The molecule has 10 heteroatoms. The molecule has 0 unspecified atom stereocenters. The topological polar surface area (TPSA) is 107 Å². The van der Waals surface area contributed by atoms with Crippen molar-refractivity contribution >= 4 is 34.1 Å². The summed E-state index contributed by atoms with van der Waals surface area (Å²) in [4.78, 5) is 36.9. The Morgan fingerprint density at radius 3 is 2.81 bits per heavy atom. The van der Waals surface area contributed by atoms with Gasteiger partial charge in [0.2, 0.25) is 5.91 Å². The van der Waals surface area contributed by atoms with Crippen molar-refractivity contribution in [1.29, 1.82) is 0 Å². The van der Waals surface area contributed by atoms with E-state index in [1.165, 1.54) is 12.1 Å². The van der Waals surface area contributed by atoms with Crippen molar-refractivity contribution in [3.8, 4) is 0 Å². The number of nitrogens with one attached hydrogen (secondary N) is 2. The third-order valence-corrected chi connectivity index (χ3v) is 7.48. The zero-order chi connectivity index (χ0) is 25.4. The number of likely N-dealkylation sites (tertiary alicyclic amines) is 1. The number of aromatic amines is 1. The second kappa shape index (κ2) is 10.2. The lowest BCUT2D eigenvalue weighted by atomic mass is 9.93. The van der Waals surface area contributed by atoms with Crippen molar-refractivity contribution in [2.75, 3.05) is 31.5 Å². The van der Waals surface area contributed by atoms with E-state index in [0.29, 0.717) is 29.5 Å². The Kier molecular flexibility index (Phi) is 6.96. The fourth-order valence-electron chi connectivity index (χ4n) is 5.16. The number of nitrogens with two attached hydrogens (primary N) is 1. The molecular weight excluding hydrogens is 483 g/mol. The Balaban J connectivity index is 1.30. The number of carbonyl (C=O) groups excluding carboxylic acids is 1. The number of piperidine rings is 1. The van der Waals surface area contributed by atoms with Gasteiger partial charge in [0.05, 0.1) is 35.7 Å². The van der Waals surface area contributed by atoms with Crippen LogP contribution in [0.5, 0.6) is 0 Å². The Labute approximate surface area is 213 Å². The van der Waals surface area contributed by atoms with Crippen LogP contribution in [0.1, 0.15) is 42.8 Å². The van der Waals surface area contributed by atoms with Gasteiger partial charge in [0.1, 0.15) is 11.6 Å². The number of hydrogen-bond acceptors (Lipinski definition) is 6.